The van der Waals surface area contributed by atoms with Crippen molar-refractivity contribution in [3.63, 3.8) is 0 Å². The van der Waals surface area contributed by atoms with E-state index in [0.29, 0.717) is 13.1 Å². The molecule has 2 rings (SSSR count). The molecule has 0 aromatic rings. The van der Waals surface area contributed by atoms with Crippen molar-refractivity contribution in [3.8, 4) is 0 Å². The van der Waals surface area contributed by atoms with E-state index in [0.717, 1.165) is 25.6 Å². The van der Waals surface area contributed by atoms with Crippen LogP contribution in [-0.2, 0) is 9.84 Å². The lowest BCUT2D eigenvalue weighted by molar-refractivity contribution is 0.0975. The lowest BCUT2D eigenvalue weighted by atomic mass is 9.98. The maximum absolute atomic E-state index is 12.2. The normalized spacial score (nSPS) is 25.5. The Morgan fingerprint density at radius 2 is 1.79 bits per heavy atom. The number of likely N-dealkylation sites (tertiary alicyclic amines) is 1. The van der Waals surface area contributed by atoms with E-state index in [4.69, 9.17) is 0 Å². The van der Waals surface area contributed by atoms with Gasteiger partial charge in [-0.2, -0.15) is 0 Å². The van der Waals surface area contributed by atoms with Gasteiger partial charge < -0.3 is 10.2 Å². The second kappa shape index (κ2) is 7.20. The van der Waals surface area contributed by atoms with E-state index in [9.17, 15) is 8.42 Å². The van der Waals surface area contributed by atoms with Crippen LogP contribution in [0.1, 0.15) is 47.0 Å². The molecule has 0 aromatic carbocycles. The molecule has 0 unspecified atom stereocenters. The number of hydrogen-bond donors (Lipinski definition) is 1. The van der Waals surface area contributed by atoms with Gasteiger partial charge in [-0.25, -0.2) is 8.42 Å². The second-order valence-corrected chi connectivity index (χ2v) is 11.0. The molecule has 6 nitrogen and oxygen atoms in total. The van der Waals surface area contributed by atoms with Crippen molar-refractivity contribution in [2.75, 3.05) is 45.5 Å². The zero-order chi connectivity index (χ0) is 18.0. The summed E-state index contributed by atoms with van der Waals surface area (Å²) in [6.07, 6.45) is 3.88. The van der Waals surface area contributed by atoms with Crippen LogP contribution < -0.4 is 5.32 Å². The highest BCUT2D eigenvalue weighted by molar-refractivity contribution is 7.92. The number of nitrogens with one attached hydrogen (secondary N) is 1. The van der Waals surface area contributed by atoms with Crippen LogP contribution >= 0.6 is 0 Å². The van der Waals surface area contributed by atoms with Gasteiger partial charge in [-0.15, -0.1) is 0 Å². The van der Waals surface area contributed by atoms with Crippen molar-refractivity contribution in [1.29, 1.82) is 0 Å². The summed E-state index contributed by atoms with van der Waals surface area (Å²) in [4.78, 5) is 9.01. The number of guanidine groups is 1. The fourth-order valence-electron chi connectivity index (χ4n) is 3.56. The van der Waals surface area contributed by atoms with Gasteiger partial charge in [-0.3, -0.25) is 9.89 Å². The summed E-state index contributed by atoms with van der Waals surface area (Å²) in [5, 5.41) is 3.48. The summed E-state index contributed by atoms with van der Waals surface area (Å²) in [5.74, 6) is 0.999. The zero-order valence-corrected chi connectivity index (χ0v) is 16.7. The van der Waals surface area contributed by atoms with Crippen LogP contribution in [-0.4, -0.2) is 80.0 Å². The number of hydrogen-bond acceptors (Lipinski definition) is 4. The molecule has 7 heteroatoms. The largest absolute Gasteiger partial charge is 0.354 e. The Morgan fingerprint density at radius 1 is 1.17 bits per heavy atom. The van der Waals surface area contributed by atoms with Crippen LogP contribution in [0.3, 0.4) is 0 Å². The number of rotatable bonds is 3. The Kier molecular flexibility index (Phi) is 5.85. The van der Waals surface area contributed by atoms with Gasteiger partial charge in [-0.1, -0.05) is 6.42 Å². The van der Waals surface area contributed by atoms with E-state index >= 15 is 0 Å². The molecular weight excluding hydrogens is 324 g/mol. The first kappa shape index (κ1) is 19.5. The first-order chi connectivity index (χ1) is 11.1. The molecule has 0 aliphatic carbocycles. The summed E-state index contributed by atoms with van der Waals surface area (Å²) in [7, 11) is -1.26. The number of aliphatic imine (C=N–C) groups is 1. The van der Waals surface area contributed by atoms with Gasteiger partial charge in [-0.05, 0) is 53.6 Å². The minimum Gasteiger partial charge on any atom is -0.354 e. The van der Waals surface area contributed by atoms with Crippen LogP contribution in [0.15, 0.2) is 4.99 Å². The molecule has 0 spiro atoms. The van der Waals surface area contributed by atoms with Gasteiger partial charge in [0.2, 0.25) is 0 Å². The fourth-order valence-corrected chi connectivity index (χ4v) is 4.93. The van der Waals surface area contributed by atoms with Gasteiger partial charge in [0.25, 0.3) is 0 Å². The molecule has 24 heavy (non-hydrogen) atoms. The predicted octanol–water partition coefficient (Wildman–Crippen LogP) is 1.34. The smallest absolute Gasteiger partial charge is 0.193 e. The summed E-state index contributed by atoms with van der Waals surface area (Å²) < 4.78 is 23.6. The number of nitrogens with zero attached hydrogens (tertiary/aromatic N) is 3. The maximum Gasteiger partial charge on any atom is 0.193 e. The molecular formula is C17H34N4O2S. The topological polar surface area (TPSA) is 65.0 Å². The molecule has 140 valence electrons. The molecule has 0 bridgehead atoms. The molecule has 1 N–H and O–H groups in total. The van der Waals surface area contributed by atoms with E-state index in [2.05, 4.69) is 34.0 Å². The van der Waals surface area contributed by atoms with Crippen molar-refractivity contribution >= 4 is 15.8 Å². The quantitative estimate of drug-likeness (QED) is 0.609. The molecule has 2 heterocycles. The van der Waals surface area contributed by atoms with Crippen LogP contribution in [0.25, 0.3) is 0 Å². The molecule has 0 aromatic heterocycles. The van der Waals surface area contributed by atoms with Crippen molar-refractivity contribution in [3.05, 3.63) is 0 Å². The molecule has 0 radical (unpaired) electrons. The zero-order valence-electron chi connectivity index (χ0n) is 15.9. The average Bonchev–Trinajstić information content (AvgIpc) is 2.52. The van der Waals surface area contributed by atoms with Crippen molar-refractivity contribution in [2.24, 2.45) is 4.99 Å². The first-order valence-corrected chi connectivity index (χ1v) is 10.7. The first-order valence-electron chi connectivity index (χ1n) is 9.02. The van der Waals surface area contributed by atoms with Crippen molar-refractivity contribution in [2.45, 2.75) is 57.2 Å². The monoisotopic (exact) mass is 358 g/mol. The fraction of sp³-hybridized carbons (Fsp3) is 0.941. The van der Waals surface area contributed by atoms with Gasteiger partial charge in [0.15, 0.2) is 15.8 Å². The maximum atomic E-state index is 12.2. The summed E-state index contributed by atoms with van der Waals surface area (Å²) in [6.45, 7) is 12.3. The molecule has 0 atom stereocenters. The highest BCUT2D eigenvalue weighted by Gasteiger charge is 2.41. The lowest BCUT2D eigenvalue weighted by Gasteiger charge is -2.43. The Hall–Kier alpha value is -0.820. The van der Waals surface area contributed by atoms with Crippen molar-refractivity contribution in [1.82, 2.24) is 15.1 Å². The van der Waals surface area contributed by atoms with E-state index in [1.165, 1.54) is 19.3 Å². The third-order valence-corrected chi connectivity index (χ3v) is 7.98. The van der Waals surface area contributed by atoms with Gasteiger partial charge in [0, 0.05) is 32.2 Å². The Labute approximate surface area is 147 Å². The number of piperidine rings is 1. The van der Waals surface area contributed by atoms with Gasteiger partial charge >= 0.3 is 0 Å². The van der Waals surface area contributed by atoms with E-state index in [1.54, 1.807) is 20.9 Å². The van der Waals surface area contributed by atoms with Gasteiger partial charge in [0.05, 0.1) is 10.5 Å². The minimum absolute atomic E-state index is 0.0632. The van der Waals surface area contributed by atoms with Crippen LogP contribution in [0.2, 0.25) is 0 Å². The van der Waals surface area contributed by atoms with Crippen LogP contribution in [0.4, 0.5) is 0 Å². The Bertz CT molecular complexity index is 563. The summed E-state index contributed by atoms with van der Waals surface area (Å²) >= 11 is 0. The van der Waals surface area contributed by atoms with E-state index in [1.807, 2.05) is 0 Å². The van der Waals surface area contributed by atoms with Gasteiger partial charge in [0.1, 0.15) is 0 Å². The Morgan fingerprint density at radius 3 is 2.33 bits per heavy atom. The summed E-state index contributed by atoms with van der Waals surface area (Å²) in [6, 6.07) is 0. The predicted molar refractivity (Wildman–Crippen MR) is 100 cm³/mol. The van der Waals surface area contributed by atoms with Crippen LogP contribution in [0, 0.1) is 0 Å². The average molecular weight is 359 g/mol. The molecule has 2 aliphatic heterocycles. The third-order valence-electron chi connectivity index (χ3n) is 5.45. The molecule has 0 saturated carbocycles. The second-order valence-electron chi connectivity index (χ2n) is 8.26. The number of sulfone groups is 1. The van der Waals surface area contributed by atoms with E-state index < -0.39 is 14.6 Å². The standard InChI is InChI=1S/C17H34N4O2S/c1-16(2,21-9-7-6-8-10-21)13-19-15(18-5)20-11-12-24(22,23)17(3,4)14-20/h6-14H2,1-5H3,(H,18,19). The molecule has 2 aliphatic rings. The highest BCUT2D eigenvalue weighted by atomic mass is 32.2. The van der Waals surface area contributed by atoms with Crippen molar-refractivity contribution < 1.29 is 8.42 Å². The molecule has 0 amide bonds. The minimum atomic E-state index is -3.03. The van der Waals surface area contributed by atoms with Crippen LogP contribution in [0.5, 0.6) is 0 Å². The lowest BCUT2D eigenvalue weighted by Crippen LogP contribution is -2.60. The Balaban J connectivity index is 1.98. The molecule has 2 fully saturated rings. The third kappa shape index (κ3) is 4.23. The molecule has 2 saturated heterocycles. The SMILES string of the molecule is CN=C(NCC(C)(C)N1CCCCC1)N1CCS(=O)(=O)C(C)(C)C1. The summed E-state index contributed by atoms with van der Waals surface area (Å²) in [5.41, 5.74) is 0.0632. The van der Waals surface area contributed by atoms with E-state index in [-0.39, 0.29) is 11.3 Å². The highest BCUT2D eigenvalue weighted by Crippen LogP contribution is 2.24.